The highest BCUT2D eigenvalue weighted by Crippen LogP contribution is 2.12. The molecule has 0 saturated heterocycles. The van der Waals surface area contributed by atoms with Gasteiger partial charge in [-0.05, 0) is 48.1 Å². The molecule has 1 amide bonds. The van der Waals surface area contributed by atoms with Crippen LogP contribution >= 0.6 is 22.6 Å². The first kappa shape index (κ1) is 12.5. The van der Waals surface area contributed by atoms with E-state index in [1.807, 2.05) is 43.0 Å². The second-order valence-corrected chi connectivity index (χ2v) is 4.50. The summed E-state index contributed by atoms with van der Waals surface area (Å²) in [5, 5.41) is 0. The van der Waals surface area contributed by atoms with Crippen LogP contribution in [0.4, 0.5) is 0 Å². The standard InChI is InChI=1S/C12H16INO/c1-3-14(4-2)12(15)9-10-7-5-6-8-11(10)13/h5-8H,3-4,9H2,1-2H3. The Morgan fingerprint density at radius 3 is 2.40 bits per heavy atom. The van der Waals surface area contributed by atoms with Crippen LogP contribution in [0.1, 0.15) is 19.4 Å². The van der Waals surface area contributed by atoms with Crippen molar-refractivity contribution in [1.29, 1.82) is 0 Å². The molecule has 0 aliphatic rings. The minimum atomic E-state index is 0.212. The summed E-state index contributed by atoms with van der Waals surface area (Å²) < 4.78 is 1.16. The van der Waals surface area contributed by atoms with E-state index in [-0.39, 0.29) is 5.91 Å². The van der Waals surface area contributed by atoms with Gasteiger partial charge in [-0.25, -0.2) is 0 Å². The van der Waals surface area contributed by atoms with Crippen LogP contribution in [0.15, 0.2) is 24.3 Å². The molecule has 0 aliphatic carbocycles. The summed E-state index contributed by atoms with van der Waals surface area (Å²) >= 11 is 2.27. The van der Waals surface area contributed by atoms with E-state index in [0.717, 1.165) is 22.2 Å². The molecule has 0 unspecified atom stereocenters. The zero-order valence-corrected chi connectivity index (χ0v) is 11.3. The number of amides is 1. The molecule has 0 radical (unpaired) electrons. The van der Waals surface area contributed by atoms with Crippen molar-refractivity contribution in [2.24, 2.45) is 0 Å². The first-order valence-electron chi connectivity index (χ1n) is 5.20. The highest BCUT2D eigenvalue weighted by molar-refractivity contribution is 14.1. The quantitative estimate of drug-likeness (QED) is 0.782. The Hall–Kier alpha value is -0.580. The van der Waals surface area contributed by atoms with Gasteiger partial charge in [-0.3, -0.25) is 4.79 Å². The molecule has 1 aromatic carbocycles. The van der Waals surface area contributed by atoms with Gasteiger partial charge in [-0.15, -0.1) is 0 Å². The largest absolute Gasteiger partial charge is 0.343 e. The number of hydrogen-bond acceptors (Lipinski definition) is 1. The Bertz CT molecular complexity index is 334. The molecule has 0 bridgehead atoms. The van der Waals surface area contributed by atoms with Crippen LogP contribution in [-0.2, 0) is 11.2 Å². The third-order valence-electron chi connectivity index (χ3n) is 2.42. The van der Waals surface area contributed by atoms with E-state index in [2.05, 4.69) is 22.6 Å². The average Bonchev–Trinajstić information content (AvgIpc) is 2.23. The van der Waals surface area contributed by atoms with E-state index in [0.29, 0.717) is 6.42 Å². The molecule has 1 rings (SSSR count). The number of carbonyl (C=O) groups is 1. The Morgan fingerprint density at radius 1 is 1.27 bits per heavy atom. The Balaban J connectivity index is 2.70. The van der Waals surface area contributed by atoms with E-state index < -0.39 is 0 Å². The first-order valence-corrected chi connectivity index (χ1v) is 6.28. The Labute approximate surface area is 105 Å². The molecule has 0 aliphatic heterocycles. The van der Waals surface area contributed by atoms with E-state index in [4.69, 9.17) is 0 Å². The van der Waals surface area contributed by atoms with Gasteiger partial charge in [0.2, 0.25) is 5.91 Å². The molecule has 2 nitrogen and oxygen atoms in total. The van der Waals surface area contributed by atoms with Crippen LogP contribution in [0, 0.1) is 3.57 Å². The van der Waals surface area contributed by atoms with Crippen LogP contribution < -0.4 is 0 Å². The molecule has 0 fully saturated rings. The highest BCUT2D eigenvalue weighted by atomic mass is 127. The second-order valence-electron chi connectivity index (χ2n) is 3.33. The maximum atomic E-state index is 11.8. The van der Waals surface area contributed by atoms with Crippen LogP contribution in [0.5, 0.6) is 0 Å². The topological polar surface area (TPSA) is 20.3 Å². The highest BCUT2D eigenvalue weighted by Gasteiger charge is 2.11. The maximum Gasteiger partial charge on any atom is 0.227 e. The molecule has 82 valence electrons. The maximum absolute atomic E-state index is 11.8. The van der Waals surface area contributed by atoms with Crippen LogP contribution in [0.3, 0.4) is 0 Å². The summed E-state index contributed by atoms with van der Waals surface area (Å²) in [6.45, 7) is 5.60. The van der Waals surface area contributed by atoms with E-state index in [1.165, 1.54) is 0 Å². The van der Waals surface area contributed by atoms with Crippen LogP contribution in [-0.4, -0.2) is 23.9 Å². The van der Waals surface area contributed by atoms with Crippen molar-refractivity contribution in [1.82, 2.24) is 4.90 Å². The fourth-order valence-electron chi connectivity index (χ4n) is 1.49. The molecule has 15 heavy (non-hydrogen) atoms. The van der Waals surface area contributed by atoms with Gasteiger partial charge < -0.3 is 4.90 Å². The Kier molecular flexibility index (Phi) is 5.08. The second kappa shape index (κ2) is 6.10. The van der Waals surface area contributed by atoms with Crippen molar-refractivity contribution >= 4 is 28.5 Å². The molecule has 3 heteroatoms. The lowest BCUT2D eigenvalue weighted by Gasteiger charge is -2.18. The Morgan fingerprint density at radius 2 is 1.87 bits per heavy atom. The zero-order chi connectivity index (χ0) is 11.3. The SMILES string of the molecule is CCN(CC)C(=O)Cc1ccccc1I. The van der Waals surface area contributed by atoms with Crippen molar-refractivity contribution in [3.8, 4) is 0 Å². The average molecular weight is 317 g/mol. The normalized spacial score (nSPS) is 10.1. The van der Waals surface area contributed by atoms with Crippen LogP contribution in [0.2, 0.25) is 0 Å². The summed E-state index contributed by atoms with van der Waals surface area (Å²) in [6.07, 6.45) is 0.515. The third-order valence-corrected chi connectivity index (χ3v) is 3.47. The van der Waals surface area contributed by atoms with Crippen LogP contribution in [0.25, 0.3) is 0 Å². The fraction of sp³-hybridized carbons (Fsp3) is 0.417. The number of likely N-dealkylation sites (N-methyl/N-ethyl adjacent to an activating group) is 1. The number of halogens is 1. The lowest BCUT2D eigenvalue weighted by Crippen LogP contribution is -2.31. The fourth-order valence-corrected chi connectivity index (χ4v) is 2.07. The molecule has 0 saturated carbocycles. The summed E-state index contributed by atoms with van der Waals surface area (Å²) in [6, 6.07) is 8.02. The zero-order valence-electron chi connectivity index (χ0n) is 9.16. The van der Waals surface area contributed by atoms with Crippen molar-refractivity contribution in [3.63, 3.8) is 0 Å². The minimum absolute atomic E-state index is 0.212. The number of benzene rings is 1. The summed E-state index contributed by atoms with van der Waals surface area (Å²) in [5.41, 5.74) is 1.12. The van der Waals surface area contributed by atoms with E-state index in [9.17, 15) is 4.79 Å². The van der Waals surface area contributed by atoms with Gasteiger partial charge in [-0.1, -0.05) is 18.2 Å². The number of rotatable bonds is 4. The summed E-state index contributed by atoms with van der Waals surface area (Å²) in [5.74, 6) is 0.212. The summed E-state index contributed by atoms with van der Waals surface area (Å²) in [4.78, 5) is 13.7. The monoisotopic (exact) mass is 317 g/mol. The molecule has 0 spiro atoms. The number of hydrogen-bond donors (Lipinski definition) is 0. The van der Waals surface area contributed by atoms with Gasteiger partial charge in [0.15, 0.2) is 0 Å². The van der Waals surface area contributed by atoms with Gasteiger partial charge in [0, 0.05) is 16.7 Å². The van der Waals surface area contributed by atoms with Gasteiger partial charge in [0.1, 0.15) is 0 Å². The minimum Gasteiger partial charge on any atom is -0.343 e. The molecule has 0 heterocycles. The van der Waals surface area contributed by atoms with Gasteiger partial charge >= 0.3 is 0 Å². The van der Waals surface area contributed by atoms with Crippen molar-refractivity contribution < 1.29 is 4.79 Å². The third kappa shape index (κ3) is 3.48. The predicted molar refractivity (Wildman–Crippen MR) is 70.8 cm³/mol. The molecular weight excluding hydrogens is 301 g/mol. The van der Waals surface area contributed by atoms with Crippen molar-refractivity contribution in [3.05, 3.63) is 33.4 Å². The molecule has 1 aromatic rings. The number of nitrogens with zero attached hydrogens (tertiary/aromatic N) is 1. The lowest BCUT2D eigenvalue weighted by molar-refractivity contribution is -0.130. The van der Waals surface area contributed by atoms with Gasteiger partial charge in [0.05, 0.1) is 6.42 Å². The van der Waals surface area contributed by atoms with E-state index in [1.54, 1.807) is 0 Å². The summed E-state index contributed by atoms with van der Waals surface area (Å²) in [7, 11) is 0. The molecule has 0 atom stereocenters. The van der Waals surface area contributed by atoms with E-state index >= 15 is 0 Å². The first-order chi connectivity index (χ1) is 7.19. The predicted octanol–water partition coefficient (Wildman–Crippen LogP) is 2.70. The van der Waals surface area contributed by atoms with Crippen molar-refractivity contribution in [2.45, 2.75) is 20.3 Å². The molecule has 0 aromatic heterocycles. The van der Waals surface area contributed by atoms with Crippen molar-refractivity contribution in [2.75, 3.05) is 13.1 Å². The smallest absolute Gasteiger partial charge is 0.227 e. The van der Waals surface area contributed by atoms with Gasteiger partial charge in [-0.2, -0.15) is 0 Å². The molecule has 0 N–H and O–H groups in total. The number of carbonyl (C=O) groups excluding carboxylic acids is 1. The van der Waals surface area contributed by atoms with Gasteiger partial charge in [0.25, 0.3) is 0 Å². The lowest BCUT2D eigenvalue weighted by atomic mass is 10.1. The molecular formula is C12H16INO.